The molecule has 0 radical (unpaired) electrons. The van der Waals surface area contributed by atoms with Gasteiger partial charge in [0.1, 0.15) is 11.6 Å². The Morgan fingerprint density at radius 3 is 2.21 bits per heavy atom. The molecule has 1 aliphatic heterocycles. The summed E-state index contributed by atoms with van der Waals surface area (Å²) in [6.07, 6.45) is 2.12. The Labute approximate surface area is 116 Å². The molecule has 1 saturated heterocycles. The molecule has 19 heavy (non-hydrogen) atoms. The van der Waals surface area contributed by atoms with E-state index in [0.717, 1.165) is 23.5 Å². The third-order valence-corrected chi connectivity index (χ3v) is 4.43. The Hall–Kier alpha value is -1.30. The minimum absolute atomic E-state index is 0.0342. The summed E-state index contributed by atoms with van der Waals surface area (Å²) in [5.41, 5.74) is -0.287. The third kappa shape index (κ3) is 1.81. The molecule has 3 rings (SSSR count). The van der Waals surface area contributed by atoms with Gasteiger partial charge in [-0.2, -0.15) is 0 Å². The molecule has 2 aliphatic rings. The third-order valence-electron chi connectivity index (χ3n) is 3.82. The number of halogens is 3. The van der Waals surface area contributed by atoms with E-state index in [9.17, 15) is 18.4 Å². The first kappa shape index (κ1) is 12.7. The molecule has 0 spiro atoms. The largest absolute Gasteiger partial charge is 0.274 e. The fourth-order valence-electron chi connectivity index (χ4n) is 2.91. The average molecular weight is 330 g/mol. The fraction of sp³-hybridized carbons (Fsp3) is 0.385. The van der Waals surface area contributed by atoms with Gasteiger partial charge in [-0.15, -0.1) is 0 Å². The summed E-state index contributed by atoms with van der Waals surface area (Å²) in [5, 5.41) is 0. The van der Waals surface area contributed by atoms with Crippen LogP contribution in [0.15, 0.2) is 16.6 Å². The van der Waals surface area contributed by atoms with E-state index < -0.39 is 23.4 Å². The van der Waals surface area contributed by atoms with Crippen molar-refractivity contribution in [1.82, 2.24) is 0 Å². The first-order valence-corrected chi connectivity index (χ1v) is 6.82. The highest BCUT2D eigenvalue weighted by molar-refractivity contribution is 9.10. The van der Waals surface area contributed by atoms with Crippen molar-refractivity contribution in [2.24, 2.45) is 11.8 Å². The summed E-state index contributed by atoms with van der Waals surface area (Å²) >= 11 is 2.86. The van der Waals surface area contributed by atoms with Gasteiger partial charge >= 0.3 is 0 Å². The lowest BCUT2D eigenvalue weighted by molar-refractivity contribution is -0.122. The fourth-order valence-corrected chi connectivity index (χ4v) is 3.23. The minimum atomic E-state index is -0.782. The van der Waals surface area contributed by atoms with Crippen LogP contribution in [-0.2, 0) is 9.59 Å². The normalized spacial score (nSPS) is 26.2. The van der Waals surface area contributed by atoms with Crippen molar-refractivity contribution in [2.75, 3.05) is 4.90 Å². The van der Waals surface area contributed by atoms with Crippen LogP contribution < -0.4 is 4.90 Å². The van der Waals surface area contributed by atoms with Crippen molar-refractivity contribution < 1.29 is 18.4 Å². The summed E-state index contributed by atoms with van der Waals surface area (Å²) in [6.45, 7) is 0. The SMILES string of the molecule is O=C1C2CCCC2C(=O)N1c1cc(F)c(Br)cc1F. The second-order valence-corrected chi connectivity index (χ2v) is 5.73. The summed E-state index contributed by atoms with van der Waals surface area (Å²) < 4.78 is 27.3. The molecule has 1 heterocycles. The van der Waals surface area contributed by atoms with Crippen molar-refractivity contribution in [1.29, 1.82) is 0 Å². The maximum atomic E-state index is 13.9. The van der Waals surface area contributed by atoms with Crippen molar-refractivity contribution in [3.05, 3.63) is 28.2 Å². The molecule has 1 aliphatic carbocycles. The van der Waals surface area contributed by atoms with Crippen LogP contribution in [-0.4, -0.2) is 11.8 Å². The summed E-state index contributed by atoms with van der Waals surface area (Å²) in [7, 11) is 0. The van der Waals surface area contributed by atoms with Crippen LogP contribution in [0.25, 0.3) is 0 Å². The van der Waals surface area contributed by atoms with Crippen LogP contribution >= 0.6 is 15.9 Å². The Bertz CT molecular complexity index is 568. The zero-order chi connectivity index (χ0) is 13.7. The summed E-state index contributed by atoms with van der Waals surface area (Å²) in [6, 6.07) is 1.82. The van der Waals surface area contributed by atoms with Gasteiger partial charge in [0.15, 0.2) is 0 Å². The van der Waals surface area contributed by atoms with Crippen LogP contribution in [0.4, 0.5) is 14.5 Å². The predicted octanol–water partition coefficient (Wildman–Crippen LogP) is 3.02. The molecular weight excluding hydrogens is 320 g/mol. The molecule has 1 aromatic carbocycles. The molecule has 100 valence electrons. The number of rotatable bonds is 1. The maximum Gasteiger partial charge on any atom is 0.237 e. The molecule has 3 nitrogen and oxygen atoms in total. The second kappa shape index (κ2) is 4.37. The van der Waals surface area contributed by atoms with Gasteiger partial charge < -0.3 is 0 Å². The summed E-state index contributed by atoms with van der Waals surface area (Å²) in [4.78, 5) is 25.1. The molecule has 2 unspecified atom stereocenters. The first-order chi connectivity index (χ1) is 9.00. The van der Waals surface area contributed by atoms with Gasteiger partial charge in [0.2, 0.25) is 11.8 Å². The molecule has 0 bridgehead atoms. The summed E-state index contributed by atoms with van der Waals surface area (Å²) in [5.74, 6) is -3.03. The van der Waals surface area contributed by atoms with Crippen molar-refractivity contribution in [2.45, 2.75) is 19.3 Å². The van der Waals surface area contributed by atoms with Crippen LogP contribution in [0.5, 0.6) is 0 Å². The van der Waals surface area contributed by atoms with Gasteiger partial charge in [0.25, 0.3) is 0 Å². The highest BCUT2D eigenvalue weighted by atomic mass is 79.9. The number of benzene rings is 1. The van der Waals surface area contributed by atoms with E-state index in [1.807, 2.05) is 0 Å². The Morgan fingerprint density at radius 2 is 1.63 bits per heavy atom. The Morgan fingerprint density at radius 1 is 1.05 bits per heavy atom. The molecule has 1 saturated carbocycles. The van der Waals surface area contributed by atoms with Crippen molar-refractivity contribution in [3.8, 4) is 0 Å². The molecular formula is C13H10BrF2NO2. The number of hydrogen-bond donors (Lipinski definition) is 0. The number of carbonyl (C=O) groups is 2. The van der Waals surface area contributed by atoms with Crippen molar-refractivity contribution in [3.63, 3.8) is 0 Å². The van der Waals surface area contributed by atoms with E-state index in [1.54, 1.807) is 0 Å². The van der Waals surface area contributed by atoms with Gasteiger partial charge in [-0.1, -0.05) is 6.42 Å². The van der Waals surface area contributed by atoms with Crippen LogP contribution in [0.2, 0.25) is 0 Å². The van der Waals surface area contributed by atoms with Crippen LogP contribution in [0, 0.1) is 23.5 Å². The number of nitrogens with zero attached hydrogens (tertiary/aromatic N) is 1. The molecule has 6 heteroatoms. The van der Waals surface area contributed by atoms with E-state index in [2.05, 4.69) is 15.9 Å². The van der Waals surface area contributed by atoms with E-state index in [0.29, 0.717) is 12.8 Å². The number of hydrogen-bond acceptors (Lipinski definition) is 2. The monoisotopic (exact) mass is 329 g/mol. The lowest BCUT2D eigenvalue weighted by Crippen LogP contribution is -2.32. The van der Waals surface area contributed by atoms with E-state index in [4.69, 9.17) is 0 Å². The van der Waals surface area contributed by atoms with Crippen molar-refractivity contribution >= 4 is 33.4 Å². The highest BCUT2D eigenvalue weighted by Gasteiger charge is 2.50. The predicted molar refractivity (Wildman–Crippen MR) is 67.4 cm³/mol. The topological polar surface area (TPSA) is 37.4 Å². The molecule has 2 fully saturated rings. The Kier molecular flexibility index (Phi) is 2.92. The number of fused-ring (bicyclic) bond motifs is 1. The molecule has 1 aromatic rings. The standard InChI is InChI=1S/C13H10BrF2NO2/c14-8-4-10(16)11(5-9(8)15)17-12(18)6-2-1-3-7(6)13(17)19/h4-7H,1-3H2. The number of carbonyl (C=O) groups excluding carboxylic acids is 2. The number of imide groups is 1. The van der Waals surface area contributed by atoms with Gasteiger partial charge in [0.05, 0.1) is 22.0 Å². The lowest BCUT2D eigenvalue weighted by Gasteiger charge is -2.17. The lowest BCUT2D eigenvalue weighted by atomic mass is 10.00. The zero-order valence-corrected chi connectivity index (χ0v) is 11.4. The molecule has 0 aromatic heterocycles. The molecule has 0 N–H and O–H groups in total. The van der Waals surface area contributed by atoms with Gasteiger partial charge in [-0.05, 0) is 34.8 Å². The van der Waals surface area contributed by atoms with Gasteiger partial charge in [-0.25, -0.2) is 13.7 Å². The molecule has 2 amide bonds. The highest BCUT2D eigenvalue weighted by Crippen LogP contribution is 2.42. The van der Waals surface area contributed by atoms with E-state index in [1.165, 1.54) is 0 Å². The smallest absolute Gasteiger partial charge is 0.237 e. The van der Waals surface area contributed by atoms with E-state index >= 15 is 0 Å². The average Bonchev–Trinajstić information content (AvgIpc) is 2.91. The van der Waals surface area contributed by atoms with E-state index in [-0.39, 0.29) is 22.0 Å². The second-order valence-electron chi connectivity index (χ2n) is 4.87. The first-order valence-electron chi connectivity index (χ1n) is 6.03. The van der Waals surface area contributed by atoms with Crippen LogP contribution in [0.3, 0.4) is 0 Å². The minimum Gasteiger partial charge on any atom is -0.274 e. The maximum absolute atomic E-state index is 13.9. The molecule has 2 atom stereocenters. The zero-order valence-electron chi connectivity index (χ0n) is 9.83. The number of amides is 2. The van der Waals surface area contributed by atoms with Gasteiger partial charge in [-0.3, -0.25) is 9.59 Å². The quantitative estimate of drug-likeness (QED) is 0.586. The Balaban J connectivity index is 2.06. The van der Waals surface area contributed by atoms with Crippen LogP contribution in [0.1, 0.15) is 19.3 Å². The van der Waals surface area contributed by atoms with Gasteiger partial charge in [0, 0.05) is 6.07 Å². The number of anilines is 1.